The summed E-state index contributed by atoms with van der Waals surface area (Å²) >= 11 is 12.5. The highest BCUT2D eigenvalue weighted by Gasteiger charge is 2.15. The Hall–Kier alpha value is -3.04. The number of tetrazole rings is 1. The van der Waals surface area contributed by atoms with E-state index in [1.165, 1.54) is 25.2 Å². The molecule has 0 bridgehead atoms. The number of nitrogens with zero attached hydrogens (tertiary/aromatic N) is 3. The number of amides is 1. The lowest BCUT2D eigenvalue weighted by atomic mass is 10.2. The molecule has 0 radical (unpaired) electrons. The van der Waals surface area contributed by atoms with E-state index in [0.29, 0.717) is 5.69 Å². The molecule has 2 aromatic carbocycles. The van der Waals surface area contributed by atoms with E-state index in [9.17, 15) is 9.90 Å². The smallest absolute Gasteiger partial charge is 0.267 e. The summed E-state index contributed by atoms with van der Waals surface area (Å²) in [5.41, 5.74) is 0.596. The molecule has 1 aromatic heterocycles. The van der Waals surface area contributed by atoms with Gasteiger partial charge in [-0.05, 0) is 35.5 Å². The molecule has 26 heavy (non-hydrogen) atoms. The van der Waals surface area contributed by atoms with E-state index in [-0.39, 0.29) is 38.8 Å². The van der Waals surface area contributed by atoms with Crippen LogP contribution in [0.25, 0.3) is 0 Å². The number of carbonyl (C=O) groups excluding carboxylic acids is 1. The maximum atomic E-state index is 11.8. The van der Waals surface area contributed by atoms with Crippen molar-refractivity contribution in [2.75, 3.05) is 12.4 Å². The zero-order valence-corrected chi connectivity index (χ0v) is 14.8. The van der Waals surface area contributed by atoms with Gasteiger partial charge in [-0.25, -0.2) is 0 Å². The fourth-order valence-corrected chi connectivity index (χ4v) is 2.65. The van der Waals surface area contributed by atoms with Crippen LogP contribution in [0.3, 0.4) is 0 Å². The molecule has 1 amide bonds. The summed E-state index contributed by atoms with van der Waals surface area (Å²) in [5.74, 6) is 0.0996. The van der Waals surface area contributed by atoms with E-state index >= 15 is 0 Å². The van der Waals surface area contributed by atoms with Crippen LogP contribution in [0.5, 0.6) is 17.2 Å². The Labute approximate surface area is 157 Å². The summed E-state index contributed by atoms with van der Waals surface area (Å²) < 4.78 is 5.69. The van der Waals surface area contributed by atoms with Gasteiger partial charge in [0.2, 0.25) is 0 Å². The van der Waals surface area contributed by atoms with Crippen LogP contribution in [0.1, 0.15) is 10.4 Å². The molecular weight excluding hydrogens is 383 g/mol. The largest absolute Gasteiger partial charge is 0.507 e. The van der Waals surface area contributed by atoms with Gasteiger partial charge in [-0.3, -0.25) is 4.79 Å². The molecular formula is C15H12Cl2N6O3. The number of benzene rings is 2. The van der Waals surface area contributed by atoms with E-state index in [0.717, 1.165) is 0 Å². The van der Waals surface area contributed by atoms with Gasteiger partial charge in [0.15, 0.2) is 5.75 Å². The van der Waals surface area contributed by atoms with E-state index in [1.54, 1.807) is 12.1 Å². The Morgan fingerprint density at radius 2 is 1.96 bits per heavy atom. The van der Waals surface area contributed by atoms with Crippen molar-refractivity contribution in [3.63, 3.8) is 0 Å². The SMILES string of the molecule is CNC(=O)c1cc(Oc2c(Cl)cc(Nc3nn[nH]n3)cc2Cl)ccc1O. The highest BCUT2D eigenvalue weighted by atomic mass is 35.5. The van der Waals surface area contributed by atoms with E-state index in [1.807, 2.05) is 0 Å². The van der Waals surface area contributed by atoms with Gasteiger partial charge in [0.05, 0.1) is 15.6 Å². The quantitative estimate of drug-likeness (QED) is 0.523. The molecule has 0 saturated carbocycles. The Morgan fingerprint density at radius 3 is 2.58 bits per heavy atom. The Bertz CT molecular complexity index is 926. The van der Waals surface area contributed by atoms with E-state index in [2.05, 4.69) is 31.3 Å². The number of phenols is 1. The average molecular weight is 395 g/mol. The molecule has 134 valence electrons. The first-order chi connectivity index (χ1) is 12.5. The molecule has 0 aliphatic rings. The molecule has 9 nitrogen and oxygen atoms in total. The lowest BCUT2D eigenvalue weighted by Gasteiger charge is -2.13. The van der Waals surface area contributed by atoms with Gasteiger partial charge < -0.3 is 20.5 Å². The molecule has 0 aliphatic heterocycles. The fraction of sp³-hybridized carbons (Fsp3) is 0.0667. The number of rotatable bonds is 5. The third kappa shape index (κ3) is 3.79. The lowest BCUT2D eigenvalue weighted by molar-refractivity contribution is 0.0960. The number of phenolic OH excluding ortho intramolecular Hbond substituents is 1. The van der Waals surface area contributed by atoms with Crippen LogP contribution in [0, 0.1) is 0 Å². The summed E-state index contributed by atoms with van der Waals surface area (Å²) in [6.07, 6.45) is 0. The van der Waals surface area contributed by atoms with Crippen LogP contribution in [-0.4, -0.2) is 38.7 Å². The van der Waals surface area contributed by atoms with Crippen molar-refractivity contribution in [1.29, 1.82) is 0 Å². The number of carbonyl (C=O) groups is 1. The number of ether oxygens (including phenoxy) is 1. The van der Waals surface area contributed by atoms with Crippen molar-refractivity contribution in [2.45, 2.75) is 0 Å². The molecule has 1 heterocycles. The number of aromatic amines is 1. The normalized spacial score (nSPS) is 10.4. The zero-order chi connectivity index (χ0) is 18.7. The molecule has 0 spiro atoms. The van der Waals surface area contributed by atoms with Crippen molar-refractivity contribution in [3.8, 4) is 17.2 Å². The number of H-pyrrole nitrogens is 1. The minimum absolute atomic E-state index is 0.0626. The second-order valence-electron chi connectivity index (χ2n) is 4.99. The van der Waals surface area contributed by atoms with Gasteiger partial charge >= 0.3 is 0 Å². The van der Waals surface area contributed by atoms with E-state index < -0.39 is 5.91 Å². The summed E-state index contributed by atoms with van der Waals surface area (Å²) in [6.45, 7) is 0. The van der Waals surface area contributed by atoms with Crippen LogP contribution in [0.4, 0.5) is 11.6 Å². The third-order valence-corrected chi connectivity index (χ3v) is 3.82. The Morgan fingerprint density at radius 1 is 1.23 bits per heavy atom. The van der Waals surface area contributed by atoms with E-state index in [4.69, 9.17) is 27.9 Å². The standard InChI is InChI=1S/C15H12Cl2N6O3/c1-18-14(25)9-6-8(2-3-12(9)24)26-13-10(16)4-7(5-11(13)17)19-15-20-22-23-21-15/h2-6,24H,1H3,(H,18,25)(H2,19,20,21,22,23). The van der Waals surface area contributed by atoms with Crippen molar-refractivity contribution in [2.24, 2.45) is 0 Å². The number of nitrogens with one attached hydrogen (secondary N) is 3. The zero-order valence-electron chi connectivity index (χ0n) is 13.2. The second kappa shape index (κ2) is 7.46. The van der Waals surface area contributed by atoms with Crippen LogP contribution in [0.15, 0.2) is 30.3 Å². The molecule has 11 heteroatoms. The Balaban J connectivity index is 1.87. The predicted octanol–water partition coefficient (Wildman–Crippen LogP) is 3.11. The van der Waals surface area contributed by atoms with Gasteiger partial charge in [-0.2, -0.15) is 5.21 Å². The summed E-state index contributed by atoms with van der Waals surface area (Å²) in [5, 5.41) is 28.8. The number of aromatic hydroxyl groups is 1. The topological polar surface area (TPSA) is 125 Å². The molecule has 0 fully saturated rings. The first kappa shape index (κ1) is 17.8. The van der Waals surface area contributed by atoms with Gasteiger partial charge in [-0.1, -0.05) is 28.3 Å². The minimum Gasteiger partial charge on any atom is -0.507 e. The lowest BCUT2D eigenvalue weighted by Crippen LogP contribution is -2.17. The van der Waals surface area contributed by atoms with Gasteiger partial charge in [0.1, 0.15) is 11.5 Å². The maximum Gasteiger partial charge on any atom is 0.267 e. The van der Waals surface area contributed by atoms with Crippen LogP contribution in [0.2, 0.25) is 10.0 Å². The molecule has 0 saturated heterocycles. The fourth-order valence-electron chi connectivity index (χ4n) is 2.09. The van der Waals surface area contributed by atoms with Crippen LogP contribution >= 0.6 is 23.2 Å². The number of aromatic nitrogens is 4. The van der Waals surface area contributed by atoms with Crippen molar-refractivity contribution in [3.05, 3.63) is 45.9 Å². The van der Waals surface area contributed by atoms with Gasteiger partial charge in [-0.15, -0.1) is 5.10 Å². The number of halogens is 2. The van der Waals surface area contributed by atoms with Crippen LogP contribution in [-0.2, 0) is 0 Å². The Kier molecular flexibility index (Phi) is 5.10. The van der Waals surface area contributed by atoms with Crippen LogP contribution < -0.4 is 15.4 Å². The maximum absolute atomic E-state index is 11.8. The molecule has 0 aliphatic carbocycles. The number of anilines is 2. The monoisotopic (exact) mass is 394 g/mol. The minimum atomic E-state index is -0.454. The van der Waals surface area contributed by atoms with Gasteiger partial charge in [0, 0.05) is 12.7 Å². The first-order valence-corrected chi connectivity index (χ1v) is 7.96. The van der Waals surface area contributed by atoms with Crippen molar-refractivity contribution >= 4 is 40.7 Å². The third-order valence-electron chi connectivity index (χ3n) is 3.26. The summed E-state index contributed by atoms with van der Waals surface area (Å²) in [4.78, 5) is 11.8. The average Bonchev–Trinajstić information content (AvgIpc) is 3.11. The number of hydrogen-bond donors (Lipinski definition) is 4. The first-order valence-electron chi connectivity index (χ1n) is 7.20. The molecule has 3 rings (SSSR count). The highest BCUT2D eigenvalue weighted by molar-refractivity contribution is 6.37. The number of hydrogen-bond acceptors (Lipinski definition) is 7. The molecule has 0 unspecified atom stereocenters. The summed E-state index contributed by atoms with van der Waals surface area (Å²) in [7, 11) is 1.46. The highest BCUT2D eigenvalue weighted by Crippen LogP contribution is 2.39. The molecule has 4 N–H and O–H groups in total. The second-order valence-corrected chi connectivity index (χ2v) is 5.80. The van der Waals surface area contributed by atoms with Crippen molar-refractivity contribution < 1.29 is 14.6 Å². The van der Waals surface area contributed by atoms with Crippen molar-refractivity contribution in [1.82, 2.24) is 25.9 Å². The summed E-state index contributed by atoms with van der Waals surface area (Å²) in [6, 6.07) is 7.35. The molecule has 3 aromatic rings. The predicted molar refractivity (Wildman–Crippen MR) is 95.5 cm³/mol. The molecule has 0 atom stereocenters. The van der Waals surface area contributed by atoms with Gasteiger partial charge in [0.25, 0.3) is 11.9 Å².